The van der Waals surface area contributed by atoms with E-state index in [4.69, 9.17) is 0 Å². The van der Waals surface area contributed by atoms with E-state index in [1.807, 2.05) is 16.0 Å². The Morgan fingerprint density at radius 2 is 2.22 bits per heavy atom. The van der Waals surface area contributed by atoms with Gasteiger partial charge in [-0.3, -0.25) is 15.0 Å². The number of aromatic nitrogens is 2. The molecule has 0 bridgehead atoms. The number of imidazole rings is 1. The Morgan fingerprint density at radius 3 is 2.96 bits per heavy atom. The Morgan fingerprint density at radius 1 is 1.33 bits per heavy atom. The van der Waals surface area contributed by atoms with Gasteiger partial charge in [0.25, 0.3) is 0 Å². The predicted molar refractivity (Wildman–Crippen MR) is 100 cm³/mol. The zero-order valence-corrected chi connectivity index (χ0v) is 16.0. The van der Waals surface area contributed by atoms with Gasteiger partial charge in [0, 0.05) is 62.4 Å². The van der Waals surface area contributed by atoms with Crippen molar-refractivity contribution in [1.82, 2.24) is 30.6 Å². The number of piperidine rings is 2. The van der Waals surface area contributed by atoms with Gasteiger partial charge in [-0.1, -0.05) is 0 Å². The van der Waals surface area contributed by atoms with Crippen LogP contribution in [-0.4, -0.2) is 69.8 Å². The molecule has 0 radical (unpaired) electrons. The van der Waals surface area contributed by atoms with Crippen LogP contribution >= 0.6 is 0 Å². The van der Waals surface area contributed by atoms with E-state index in [-0.39, 0.29) is 23.3 Å². The molecule has 8 nitrogen and oxygen atoms in total. The molecule has 1 aromatic rings. The molecule has 1 aromatic heterocycles. The van der Waals surface area contributed by atoms with Crippen molar-refractivity contribution in [3.8, 4) is 0 Å². The average Bonchev–Trinajstić information content (AvgIpc) is 3.34. The largest absolute Gasteiger partial charge is 0.348 e. The molecule has 1 spiro atoms. The quantitative estimate of drug-likeness (QED) is 0.711. The normalized spacial score (nSPS) is 31.7. The van der Waals surface area contributed by atoms with Crippen LogP contribution in [0.5, 0.6) is 0 Å². The van der Waals surface area contributed by atoms with Gasteiger partial charge in [0.1, 0.15) is 6.04 Å². The fourth-order valence-corrected chi connectivity index (χ4v) is 4.81. The van der Waals surface area contributed by atoms with Crippen LogP contribution in [0.15, 0.2) is 12.5 Å². The van der Waals surface area contributed by atoms with E-state index in [0.717, 1.165) is 57.4 Å². The number of aromatic amines is 1. The fourth-order valence-electron chi connectivity index (χ4n) is 4.81. The van der Waals surface area contributed by atoms with Crippen molar-refractivity contribution in [3.05, 3.63) is 18.2 Å². The Kier molecular flexibility index (Phi) is 5.19. The van der Waals surface area contributed by atoms with Crippen LogP contribution in [0.1, 0.15) is 44.7 Å². The molecule has 8 heteroatoms. The molecular formula is C19H30N6O2. The van der Waals surface area contributed by atoms with E-state index >= 15 is 0 Å². The summed E-state index contributed by atoms with van der Waals surface area (Å²) in [4.78, 5) is 36.6. The van der Waals surface area contributed by atoms with Crippen molar-refractivity contribution in [2.24, 2.45) is 5.41 Å². The third-order valence-corrected chi connectivity index (χ3v) is 6.32. The standard InChI is InChI=1S/C19H30N6O2/c1-14-9-16(23-22-14)18(27)25-7-2-5-19(12-25)6-3-17(26)24(11-19)8-4-15-10-20-13-21-15/h10,13-14,16,22-23H,2-9,11-12H2,1H3,(H,20,21). The molecule has 3 aliphatic heterocycles. The molecule has 3 saturated heterocycles. The summed E-state index contributed by atoms with van der Waals surface area (Å²) in [5, 5.41) is 0. The van der Waals surface area contributed by atoms with Gasteiger partial charge in [-0.2, -0.15) is 0 Å². The van der Waals surface area contributed by atoms with Crippen molar-refractivity contribution < 1.29 is 9.59 Å². The summed E-state index contributed by atoms with van der Waals surface area (Å²) in [6.45, 7) is 5.16. The molecule has 3 aliphatic rings. The zero-order chi connectivity index (χ0) is 18.9. The lowest BCUT2D eigenvalue weighted by Gasteiger charge is -2.48. The number of nitrogens with one attached hydrogen (secondary N) is 3. The van der Waals surface area contributed by atoms with Crippen molar-refractivity contribution in [2.75, 3.05) is 26.2 Å². The minimum Gasteiger partial charge on any atom is -0.348 e. The number of carbonyl (C=O) groups is 2. The van der Waals surface area contributed by atoms with E-state index in [0.29, 0.717) is 19.0 Å². The number of rotatable bonds is 4. The van der Waals surface area contributed by atoms with E-state index in [9.17, 15) is 9.59 Å². The molecular weight excluding hydrogens is 344 g/mol. The molecule has 3 N–H and O–H groups in total. The molecule has 0 aliphatic carbocycles. The number of likely N-dealkylation sites (tertiary alicyclic amines) is 2. The van der Waals surface area contributed by atoms with E-state index in [1.54, 1.807) is 6.33 Å². The van der Waals surface area contributed by atoms with Gasteiger partial charge in [-0.05, 0) is 32.6 Å². The summed E-state index contributed by atoms with van der Waals surface area (Å²) < 4.78 is 0. The molecule has 148 valence electrons. The van der Waals surface area contributed by atoms with E-state index < -0.39 is 0 Å². The van der Waals surface area contributed by atoms with Crippen LogP contribution in [0.4, 0.5) is 0 Å². The molecule has 0 aromatic carbocycles. The van der Waals surface area contributed by atoms with Gasteiger partial charge < -0.3 is 14.8 Å². The second-order valence-electron chi connectivity index (χ2n) is 8.48. The first-order chi connectivity index (χ1) is 13.0. The van der Waals surface area contributed by atoms with Crippen LogP contribution in [-0.2, 0) is 16.0 Å². The maximum Gasteiger partial charge on any atom is 0.241 e. The minimum absolute atomic E-state index is 0.0491. The summed E-state index contributed by atoms with van der Waals surface area (Å²) in [5.41, 5.74) is 7.38. The topological polar surface area (TPSA) is 93.4 Å². The van der Waals surface area contributed by atoms with Gasteiger partial charge in [0.05, 0.1) is 6.33 Å². The van der Waals surface area contributed by atoms with Crippen molar-refractivity contribution in [1.29, 1.82) is 0 Å². The monoisotopic (exact) mass is 374 g/mol. The van der Waals surface area contributed by atoms with Gasteiger partial charge in [0.2, 0.25) is 11.8 Å². The lowest BCUT2D eigenvalue weighted by atomic mass is 9.73. The third kappa shape index (κ3) is 4.01. The van der Waals surface area contributed by atoms with Crippen LogP contribution in [0.25, 0.3) is 0 Å². The molecule has 3 unspecified atom stereocenters. The molecule has 27 heavy (non-hydrogen) atoms. The number of amides is 2. The summed E-state index contributed by atoms with van der Waals surface area (Å²) in [6.07, 6.45) is 8.70. The first-order valence-electron chi connectivity index (χ1n) is 10.1. The molecule has 2 amide bonds. The molecule has 3 fully saturated rings. The Bertz CT molecular complexity index is 678. The van der Waals surface area contributed by atoms with Gasteiger partial charge in [-0.25, -0.2) is 10.4 Å². The maximum atomic E-state index is 12.9. The molecule has 3 atom stereocenters. The van der Waals surface area contributed by atoms with Crippen molar-refractivity contribution >= 4 is 11.8 Å². The highest BCUT2D eigenvalue weighted by molar-refractivity contribution is 5.82. The minimum atomic E-state index is -0.128. The summed E-state index contributed by atoms with van der Waals surface area (Å²) in [5.74, 6) is 0.436. The highest BCUT2D eigenvalue weighted by atomic mass is 16.2. The second kappa shape index (κ2) is 7.59. The molecule has 4 rings (SSSR count). The maximum absolute atomic E-state index is 12.9. The lowest BCUT2D eigenvalue weighted by molar-refractivity contribution is -0.143. The zero-order valence-electron chi connectivity index (χ0n) is 16.0. The number of hydrogen-bond donors (Lipinski definition) is 3. The fraction of sp³-hybridized carbons (Fsp3) is 0.737. The first-order valence-corrected chi connectivity index (χ1v) is 10.1. The number of nitrogens with zero attached hydrogens (tertiary/aromatic N) is 3. The lowest BCUT2D eigenvalue weighted by Crippen LogP contribution is -2.57. The Balaban J connectivity index is 1.39. The number of hydrogen-bond acceptors (Lipinski definition) is 5. The van der Waals surface area contributed by atoms with Crippen LogP contribution in [0.3, 0.4) is 0 Å². The molecule has 4 heterocycles. The third-order valence-electron chi connectivity index (χ3n) is 6.32. The van der Waals surface area contributed by atoms with Gasteiger partial charge >= 0.3 is 0 Å². The van der Waals surface area contributed by atoms with E-state index in [1.165, 1.54) is 0 Å². The summed E-state index contributed by atoms with van der Waals surface area (Å²) in [7, 11) is 0. The van der Waals surface area contributed by atoms with Crippen LogP contribution in [0, 0.1) is 5.41 Å². The first kappa shape index (κ1) is 18.4. The van der Waals surface area contributed by atoms with Gasteiger partial charge in [-0.15, -0.1) is 0 Å². The van der Waals surface area contributed by atoms with Crippen molar-refractivity contribution in [2.45, 2.75) is 57.5 Å². The SMILES string of the molecule is CC1CC(C(=O)N2CCCC3(CCC(=O)N(CCc4cnc[nH]4)C3)C2)NN1. The number of hydrazine groups is 1. The Labute approximate surface area is 160 Å². The second-order valence-corrected chi connectivity index (χ2v) is 8.48. The van der Waals surface area contributed by atoms with Gasteiger partial charge in [0.15, 0.2) is 0 Å². The predicted octanol–water partition coefficient (Wildman–Crippen LogP) is 0.438. The highest BCUT2D eigenvalue weighted by Crippen LogP contribution is 2.39. The molecule has 0 saturated carbocycles. The Hall–Kier alpha value is -1.93. The van der Waals surface area contributed by atoms with Crippen LogP contribution < -0.4 is 10.9 Å². The number of H-pyrrole nitrogens is 1. The van der Waals surface area contributed by atoms with Crippen LogP contribution in [0.2, 0.25) is 0 Å². The highest BCUT2D eigenvalue weighted by Gasteiger charge is 2.44. The summed E-state index contributed by atoms with van der Waals surface area (Å²) >= 11 is 0. The average molecular weight is 374 g/mol. The van der Waals surface area contributed by atoms with E-state index in [2.05, 4.69) is 27.7 Å². The summed E-state index contributed by atoms with van der Waals surface area (Å²) in [6, 6.07) is 0.194. The van der Waals surface area contributed by atoms with Crippen molar-refractivity contribution in [3.63, 3.8) is 0 Å². The number of carbonyl (C=O) groups excluding carboxylic acids is 2. The smallest absolute Gasteiger partial charge is 0.241 e.